The molecule has 0 aromatic carbocycles. The van der Waals surface area contributed by atoms with E-state index in [1.807, 2.05) is 0 Å². The molecular formula is C8H10BrN5O2. The number of H-pyrrole nitrogens is 1. The third-order valence-electron chi connectivity index (χ3n) is 2.11. The molecule has 2 aromatic heterocycles. The molecule has 0 aliphatic carbocycles. The minimum absolute atomic E-state index is 0.0861. The number of halogens is 1. The van der Waals surface area contributed by atoms with Crippen LogP contribution in [-0.4, -0.2) is 42.4 Å². The number of aromatic nitrogens is 4. The van der Waals surface area contributed by atoms with Crippen LogP contribution in [-0.2, 0) is 6.54 Å². The smallest absolute Gasteiger partial charge is 0.177 e. The summed E-state index contributed by atoms with van der Waals surface area (Å²) in [6.07, 6.45) is 0.540. The van der Waals surface area contributed by atoms with Gasteiger partial charge in [0.25, 0.3) is 0 Å². The van der Waals surface area contributed by atoms with Gasteiger partial charge in [-0.25, -0.2) is 9.97 Å². The zero-order valence-electron chi connectivity index (χ0n) is 8.18. The van der Waals surface area contributed by atoms with Crippen LogP contribution in [0, 0.1) is 5.41 Å². The molecule has 1 unspecified atom stereocenters. The Morgan fingerprint density at radius 2 is 2.38 bits per heavy atom. The summed E-state index contributed by atoms with van der Waals surface area (Å²) in [7, 11) is 0. The highest BCUT2D eigenvalue weighted by molar-refractivity contribution is 9.10. The lowest BCUT2D eigenvalue weighted by Crippen LogP contribution is -2.22. The van der Waals surface area contributed by atoms with Crippen LogP contribution in [0.1, 0.15) is 0 Å². The fourth-order valence-corrected chi connectivity index (χ4v) is 1.74. The first kappa shape index (κ1) is 11.2. The van der Waals surface area contributed by atoms with E-state index in [0.29, 0.717) is 15.9 Å². The number of nitrogens with one attached hydrogen (secondary N) is 2. The monoisotopic (exact) mass is 287 g/mol. The lowest BCUT2D eigenvalue weighted by atomic mass is 10.3. The Balaban J connectivity index is 2.54. The average molecular weight is 288 g/mol. The van der Waals surface area contributed by atoms with Crippen LogP contribution in [0.3, 0.4) is 0 Å². The molecule has 0 spiro atoms. The Morgan fingerprint density at radius 3 is 3.06 bits per heavy atom. The predicted molar refractivity (Wildman–Crippen MR) is 58.5 cm³/mol. The quantitative estimate of drug-likeness (QED) is 0.563. The topological polar surface area (TPSA) is 111 Å². The fraction of sp³-hybridized carbons (Fsp3) is 0.375. The summed E-state index contributed by atoms with van der Waals surface area (Å²) >= 11 is 3.17. The van der Waals surface area contributed by atoms with Crippen LogP contribution in [0.15, 0.2) is 11.1 Å². The van der Waals surface area contributed by atoms with Crippen molar-refractivity contribution in [3.05, 3.63) is 16.5 Å². The van der Waals surface area contributed by atoms with E-state index in [9.17, 15) is 5.11 Å². The SMILES string of the molecule is N=c1ncn(CC(O)CO)c2nc(Br)[nH]c12. The van der Waals surface area contributed by atoms with Gasteiger partial charge in [0.1, 0.15) is 5.52 Å². The fourth-order valence-electron chi connectivity index (χ4n) is 1.37. The summed E-state index contributed by atoms with van der Waals surface area (Å²) in [6.45, 7) is -0.152. The van der Waals surface area contributed by atoms with Crippen molar-refractivity contribution < 1.29 is 10.2 Å². The molecule has 0 fully saturated rings. The van der Waals surface area contributed by atoms with Crippen LogP contribution in [0.25, 0.3) is 11.2 Å². The van der Waals surface area contributed by atoms with E-state index in [-0.39, 0.29) is 18.6 Å². The molecule has 0 bridgehead atoms. The van der Waals surface area contributed by atoms with Crippen molar-refractivity contribution in [1.29, 1.82) is 5.41 Å². The van der Waals surface area contributed by atoms with Gasteiger partial charge in [0, 0.05) is 0 Å². The highest BCUT2D eigenvalue weighted by Gasteiger charge is 2.10. The maximum atomic E-state index is 9.35. The van der Waals surface area contributed by atoms with E-state index in [0.717, 1.165) is 0 Å². The second kappa shape index (κ2) is 4.32. The van der Waals surface area contributed by atoms with Gasteiger partial charge in [-0.1, -0.05) is 0 Å². The van der Waals surface area contributed by atoms with Gasteiger partial charge in [-0.15, -0.1) is 0 Å². The third-order valence-corrected chi connectivity index (χ3v) is 2.48. The molecule has 4 N–H and O–H groups in total. The van der Waals surface area contributed by atoms with Crippen molar-refractivity contribution in [2.24, 2.45) is 0 Å². The van der Waals surface area contributed by atoms with Crippen molar-refractivity contribution in [1.82, 2.24) is 19.5 Å². The van der Waals surface area contributed by atoms with E-state index >= 15 is 0 Å². The Hall–Kier alpha value is -1.25. The Labute approximate surface area is 98.4 Å². The molecule has 0 aliphatic rings. The molecular weight excluding hydrogens is 278 g/mol. The standard InChI is InChI=1S/C8H10BrN5O2/c9-8-12-5-6(10)11-3-14(7(5)13-8)1-4(16)2-15/h3-4,10,15-16H,1-2H2,(H,12,13). The van der Waals surface area contributed by atoms with Gasteiger partial charge in [-0.3, -0.25) is 5.41 Å². The molecule has 8 heteroatoms. The second-order valence-electron chi connectivity index (χ2n) is 3.31. The van der Waals surface area contributed by atoms with Gasteiger partial charge >= 0.3 is 0 Å². The lowest BCUT2D eigenvalue weighted by molar-refractivity contribution is 0.0817. The number of rotatable bonds is 3. The number of hydrogen-bond donors (Lipinski definition) is 4. The van der Waals surface area contributed by atoms with Gasteiger partial charge in [0.15, 0.2) is 15.9 Å². The maximum absolute atomic E-state index is 9.35. The highest BCUT2D eigenvalue weighted by Crippen LogP contribution is 2.11. The first-order chi connectivity index (χ1) is 7.61. The van der Waals surface area contributed by atoms with Crippen molar-refractivity contribution in [3.63, 3.8) is 0 Å². The third kappa shape index (κ3) is 1.99. The number of aliphatic hydroxyl groups is 2. The normalized spacial score (nSPS) is 13.2. The van der Waals surface area contributed by atoms with Crippen LogP contribution in [0.2, 0.25) is 0 Å². The van der Waals surface area contributed by atoms with Gasteiger partial charge < -0.3 is 19.8 Å². The predicted octanol–water partition coefficient (Wildman–Crippen LogP) is -0.645. The van der Waals surface area contributed by atoms with Crippen molar-refractivity contribution in [3.8, 4) is 0 Å². The molecule has 0 saturated carbocycles. The first-order valence-corrected chi connectivity index (χ1v) is 5.35. The summed E-state index contributed by atoms with van der Waals surface area (Å²) in [5.74, 6) is 0. The van der Waals surface area contributed by atoms with Crippen LogP contribution in [0.5, 0.6) is 0 Å². The van der Waals surface area contributed by atoms with Crippen molar-refractivity contribution in [2.75, 3.05) is 6.61 Å². The molecule has 2 aromatic rings. The van der Waals surface area contributed by atoms with Crippen molar-refractivity contribution >= 4 is 27.1 Å². The van der Waals surface area contributed by atoms with E-state index in [4.69, 9.17) is 10.5 Å². The number of fused-ring (bicyclic) bond motifs is 1. The Kier molecular flexibility index (Phi) is 3.03. The average Bonchev–Trinajstić information content (AvgIpc) is 2.65. The summed E-state index contributed by atoms with van der Waals surface area (Å²) < 4.78 is 2.08. The molecule has 0 saturated heterocycles. The molecule has 2 rings (SSSR count). The molecule has 16 heavy (non-hydrogen) atoms. The van der Waals surface area contributed by atoms with E-state index < -0.39 is 6.10 Å². The lowest BCUT2D eigenvalue weighted by Gasteiger charge is -2.10. The summed E-state index contributed by atoms with van der Waals surface area (Å²) in [5.41, 5.74) is 1.09. The maximum Gasteiger partial charge on any atom is 0.177 e. The Morgan fingerprint density at radius 1 is 1.62 bits per heavy atom. The Bertz CT molecular complexity index is 563. The number of hydrogen-bond acceptors (Lipinski definition) is 5. The summed E-state index contributed by atoms with van der Waals surface area (Å²) in [4.78, 5) is 10.8. The minimum Gasteiger partial charge on any atom is -0.394 e. The zero-order valence-corrected chi connectivity index (χ0v) is 9.77. The minimum atomic E-state index is -0.873. The van der Waals surface area contributed by atoms with Gasteiger partial charge in [-0.2, -0.15) is 0 Å². The van der Waals surface area contributed by atoms with E-state index in [1.165, 1.54) is 6.33 Å². The van der Waals surface area contributed by atoms with Crippen molar-refractivity contribution in [2.45, 2.75) is 12.6 Å². The van der Waals surface area contributed by atoms with E-state index in [1.54, 1.807) is 4.57 Å². The summed E-state index contributed by atoms with van der Waals surface area (Å²) in [5, 5.41) is 25.7. The zero-order chi connectivity index (χ0) is 11.7. The molecule has 7 nitrogen and oxygen atoms in total. The van der Waals surface area contributed by atoms with Gasteiger partial charge in [-0.05, 0) is 15.9 Å². The molecule has 0 amide bonds. The number of aromatic amines is 1. The molecule has 1 atom stereocenters. The number of nitrogens with zero attached hydrogens (tertiary/aromatic N) is 3. The largest absolute Gasteiger partial charge is 0.394 e. The first-order valence-electron chi connectivity index (χ1n) is 4.56. The molecule has 2 heterocycles. The number of imidazole rings is 1. The van der Waals surface area contributed by atoms with E-state index in [2.05, 4.69) is 30.9 Å². The molecule has 0 radical (unpaired) electrons. The highest BCUT2D eigenvalue weighted by atomic mass is 79.9. The van der Waals surface area contributed by atoms with Crippen LogP contribution in [0.4, 0.5) is 0 Å². The molecule has 0 aliphatic heterocycles. The number of aliphatic hydroxyl groups excluding tert-OH is 2. The van der Waals surface area contributed by atoms with Gasteiger partial charge in [0.05, 0.1) is 25.6 Å². The molecule has 86 valence electrons. The summed E-state index contributed by atoms with van der Waals surface area (Å²) in [6, 6.07) is 0. The van der Waals surface area contributed by atoms with Gasteiger partial charge in [0.2, 0.25) is 0 Å². The second-order valence-corrected chi connectivity index (χ2v) is 4.06. The van der Waals surface area contributed by atoms with Crippen LogP contribution >= 0.6 is 15.9 Å². The van der Waals surface area contributed by atoms with Crippen LogP contribution < -0.4 is 5.49 Å².